The number of hydrogen-bond donors (Lipinski definition) is 0. The van der Waals surface area contributed by atoms with Gasteiger partial charge in [-0.25, -0.2) is 4.39 Å². The zero-order chi connectivity index (χ0) is 25.5. The first-order chi connectivity index (χ1) is 17.5. The summed E-state index contributed by atoms with van der Waals surface area (Å²) < 4.78 is 27.9. The molecule has 5 nitrogen and oxygen atoms in total. The predicted molar refractivity (Wildman–Crippen MR) is 145 cm³/mol. The summed E-state index contributed by atoms with van der Waals surface area (Å²) >= 11 is 0. The van der Waals surface area contributed by atoms with Crippen LogP contribution in [0.4, 0.5) is 10.1 Å². The van der Waals surface area contributed by atoms with Gasteiger partial charge in [0.25, 0.3) is 5.56 Å². The zero-order valence-corrected chi connectivity index (χ0v) is 21.8. The summed E-state index contributed by atoms with van der Waals surface area (Å²) in [7, 11) is 1.67. The maximum atomic E-state index is 15.2. The van der Waals surface area contributed by atoms with E-state index in [1.165, 1.54) is 42.7 Å². The first-order valence-corrected chi connectivity index (χ1v) is 13.4. The highest BCUT2D eigenvalue weighted by Gasteiger charge is 2.24. The largest absolute Gasteiger partial charge is 0.491 e. The Bertz CT molecular complexity index is 1200. The van der Waals surface area contributed by atoms with Gasteiger partial charge in [-0.2, -0.15) is 0 Å². The molecule has 0 saturated carbocycles. The number of methoxy groups -OCH3 is 1. The summed E-state index contributed by atoms with van der Waals surface area (Å²) in [6.45, 7) is 6.53. The van der Waals surface area contributed by atoms with Crippen LogP contribution in [-0.4, -0.2) is 37.5 Å². The number of nitrogens with zero attached hydrogens (tertiary/aromatic N) is 2. The lowest BCUT2D eigenvalue weighted by atomic mass is 10.0. The van der Waals surface area contributed by atoms with Gasteiger partial charge < -0.3 is 14.4 Å². The number of rotatable bonds is 12. The van der Waals surface area contributed by atoms with E-state index in [4.69, 9.17) is 9.47 Å². The van der Waals surface area contributed by atoms with E-state index in [0.29, 0.717) is 35.0 Å². The molecule has 0 spiro atoms. The highest BCUT2D eigenvalue weighted by molar-refractivity contribution is 5.83. The Morgan fingerprint density at radius 3 is 2.69 bits per heavy atom. The van der Waals surface area contributed by atoms with Crippen LogP contribution in [0.25, 0.3) is 16.5 Å². The number of ether oxygens (including phenoxy) is 2. The molecule has 2 aromatic carbocycles. The van der Waals surface area contributed by atoms with E-state index in [-0.39, 0.29) is 17.5 Å². The average Bonchev–Trinajstić information content (AvgIpc) is 3.36. The van der Waals surface area contributed by atoms with Gasteiger partial charge in [0.05, 0.1) is 17.5 Å². The van der Waals surface area contributed by atoms with E-state index in [1.807, 2.05) is 31.2 Å². The van der Waals surface area contributed by atoms with Gasteiger partial charge in [0.2, 0.25) is 0 Å². The minimum Gasteiger partial charge on any atom is -0.491 e. The fourth-order valence-electron chi connectivity index (χ4n) is 5.11. The van der Waals surface area contributed by atoms with Crippen molar-refractivity contribution >= 4 is 16.5 Å². The fraction of sp³-hybridized carbons (Fsp3) is 0.500. The van der Waals surface area contributed by atoms with Gasteiger partial charge in [0, 0.05) is 37.8 Å². The molecule has 1 aliphatic rings. The third kappa shape index (κ3) is 6.09. The van der Waals surface area contributed by atoms with Gasteiger partial charge in [-0.1, -0.05) is 39.5 Å². The molecule has 1 aliphatic heterocycles. The van der Waals surface area contributed by atoms with Gasteiger partial charge >= 0.3 is 0 Å². The first kappa shape index (κ1) is 26.2. The Morgan fingerprint density at radius 2 is 1.94 bits per heavy atom. The Hall–Kier alpha value is -2.86. The van der Waals surface area contributed by atoms with Crippen molar-refractivity contribution in [1.82, 2.24) is 4.57 Å². The molecule has 0 aliphatic carbocycles. The molecule has 2 heterocycles. The molecule has 1 fully saturated rings. The van der Waals surface area contributed by atoms with Crippen LogP contribution < -0.4 is 15.2 Å². The molecule has 0 bridgehead atoms. The number of pyridine rings is 1. The van der Waals surface area contributed by atoms with E-state index in [0.717, 1.165) is 31.3 Å². The monoisotopic (exact) mass is 494 g/mol. The van der Waals surface area contributed by atoms with Crippen molar-refractivity contribution in [2.45, 2.75) is 64.9 Å². The third-order valence-corrected chi connectivity index (χ3v) is 7.40. The maximum Gasteiger partial charge on any atom is 0.262 e. The van der Waals surface area contributed by atoms with Gasteiger partial charge in [0.15, 0.2) is 0 Å². The second-order valence-corrected chi connectivity index (χ2v) is 9.90. The number of fused-ring (bicyclic) bond motifs is 1. The first-order valence-electron chi connectivity index (χ1n) is 13.4. The van der Waals surface area contributed by atoms with E-state index in [9.17, 15) is 4.79 Å². The Labute approximate surface area is 213 Å². The molecular formula is C30H39FN2O3. The quantitative estimate of drug-likeness (QED) is 0.262. The average molecular weight is 495 g/mol. The van der Waals surface area contributed by atoms with Crippen LogP contribution in [0.2, 0.25) is 0 Å². The van der Waals surface area contributed by atoms with Gasteiger partial charge in [0.1, 0.15) is 18.2 Å². The molecule has 0 amide bonds. The fourth-order valence-corrected chi connectivity index (χ4v) is 5.11. The Kier molecular flexibility index (Phi) is 9.03. The topological polar surface area (TPSA) is 43.7 Å². The number of benzene rings is 2. The highest BCUT2D eigenvalue weighted by Crippen LogP contribution is 2.30. The minimum atomic E-state index is -0.279. The molecule has 2 unspecified atom stereocenters. The van der Waals surface area contributed by atoms with E-state index in [2.05, 4.69) is 11.8 Å². The summed E-state index contributed by atoms with van der Waals surface area (Å²) in [6.07, 6.45) is 10.0. The van der Waals surface area contributed by atoms with Crippen LogP contribution in [0, 0.1) is 11.7 Å². The molecule has 3 aromatic rings. The molecule has 1 aromatic heterocycles. The number of unbranched alkanes of at least 4 members (excludes halogenated alkanes) is 3. The Morgan fingerprint density at radius 1 is 1.08 bits per heavy atom. The van der Waals surface area contributed by atoms with Crippen LogP contribution in [-0.2, 0) is 4.74 Å². The molecule has 194 valence electrons. The number of hydrogen-bond acceptors (Lipinski definition) is 4. The molecule has 1 saturated heterocycles. The summed E-state index contributed by atoms with van der Waals surface area (Å²) in [6, 6.07) is 12.4. The third-order valence-electron chi connectivity index (χ3n) is 7.40. The van der Waals surface area contributed by atoms with Crippen molar-refractivity contribution in [3.05, 3.63) is 64.8 Å². The molecule has 4 rings (SSSR count). The lowest BCUT2D eigenvalue weighted by molar-refractivity contribution is 0.0556. The van der Waals surface area contributed by atoms with Crippen molar-refractivity contribution < 1.29 is 13.9 Å². The Balaban J connectivity index is 1.47. The number of aromatic nitrogens is 1. The number of halogens is 1. The number of anilines is 1. The van der Waals surface area contributed by atoms with E-state index in [1.54, 1.807) is 25.4 Å². The lowest BCUT2D eigenvalue weighted by Crippen LogP contribution is -2.22. The van der Waals surface area contributed by atoms with Gasteiger partial charge in [-0.05, 0) is 67.0 Å². The summed E-state index contributed by atoms with van der Waals surface area (Å²) in [4.78, 5) is 15.4. The zero-order valence-electron chi connectivity index (χ0n) is 21.8. The summed E-state index contributed by atoms with van der Waals surface area (Å²) in [5.74, 6) is 1.05. The van der Waals surface area contributed by atoms with Crippen molar-refractivity contribution in [2.75, 3.05) is 31.7 Å². The van der Waals surface area contributed by atoms with Gasteiger partial charge in [-0.15, -0.1) is 0 Å². The van der Waals surface area contributed by atoms with Crippen molar-refractivity contribution in [3.8, 4) is 11.4 Å². The molecule has 2 atom stereocenters. The molecular weight excluding hydrogens is 455 g/mol. The SMILES string of the molecule is CCCCCCC1CCN(c2ccc(-n3ccc4cc(OCC(CC)OC)ccc4c3=O)cc2F)C1. The maximum absolute atomic E-state index is 15.2. The molecule has 6 heteroatoms. The molecule has 36 heavy (non-hydrogen) atoms. The summed E-state index contributed by atoms with van der Waals surface area (Å²) in [5, 5.41) is 1.36. The normalized spacial score (nSPS) is 16.6. The minimum absolute atomic E-state index is 0.0313. The summed E-state index contributed by atoms with van der Waals surface area (Å²) in [5.41, 5.74) is 0.986. The van der Waals surface area contributed by atoms with E-state index < -0.39 is 0 Å². The van der Waals surface area contributed by atoms with Crippen LogP contribution in [0.3, 0.4) is 0 Å². The van der Waals surface area contributed by atoms with Crippen molar-refractivity contribution in [1.29, 1.82) is 0 Å². The van der Waals surface area contributed by atoms with Crippen LogP contribution in [0.15, 0.2) is 53.5 Å². The molecule has 0 N–H and O–H groups in total. The van der Waals surface area contributed by atoms with Crippen LogP contribution in [0.5, 0.6) is 5.75 Å². The van der Waals surface area contributed by atoms with Crippen molar-refractivity contribution in [3.63, 3.8) is 0 Å². The highest BCUT2D eigenvalue weighted by atomic mass is 19.1. The molecule has 0 radical (unpaired) electrons. The van der Waals surface area contributed by atoms with Crippen molar-refractivity contribution in [2.24, 2.45) is 5.92 Å². The van der Waals surface area contributed by atoms with E-state index >= 15 is 4.39 Å². The predicted octanol–water partition coefficient (Wildman–Crippen LogP) is 6.73. The standard InChI is InChI=1S/C30H39FN2O3/c1-4-6-7-8-9-22-14-16-32(20-22)29-13-10-24(19-28(29)31)33-17-15-23-18-26(11-12-27(23)30(33)34)36-21-25(5-2)35-3/h10-13,15,17-19,22,25H,4-9,14,16,20-21H2,1-3H3. The lowest BCUT2D eigenvalue weighted by Gasteiger charge is -2.20. The second-order valence-electron chi connectivity index (χ2n) is 9.90. The van der Waals surface area contributed by atoms with Crippen LogP contribution >= 0.6 is 0 Å². The van der Waals surface area contributed by atoms with Crippen LogP contribution in [0.1, 0.15) is 58.8 Å². The second kappa shape index (κ2) is 12.4. The smallest absolute Gasteiger partial charge is 0.262 e. The van der Waals surface area contributed by atoms with Gasteiger partial charge in [-0.3, -0.25) is 9.36 Å².